The van der Waals surface area contributed by atoms with Crippen LogP contribution in [-0.4, -0.2) is 24.3 Å². The Bertz CT molecular complexity index is 226. The highest BCUT2D eigenvalue weighted by molar-refractivity contribution is 5.84. The number of carbonyl (C=O) groups excluding carboxylic acids is 1. The van der Waals surface area contributed by atoms with Crippen molar-refractivity contribution in [3.8, 4) is 0 Å². The van der Waals surface area contributed by atoms with E-state index >= 15 is 0 Å². The van der Waals surface area contributed by atoms with Gasteiger partial charge in [-0.15, -0.1) is 0 Å². The molecule has 0 radical (unpaired) electrons. The summed E-state index contributed by atoms with van der Waals surface area (Å²) in [6, 6.07) is 0. The van der Waals surface area contributed by atoms with Crippen molar-refractivity contribution < 1.29 is 14.3 Å². The Morgan fingerprint density at radius 3 is 2.46 bits per heavy atom. The van der Waals surface area contributed by atoms with Crippen molar-refractivity contribution in [2.45, 2.75) is 45.3 Å². The van der Waals surface area contributed by atoms with Gasteiger partial charge in [0.15, 0.2) is 5.60 Å². The van der Waals surface area contributed by atoms with E-state index in [2.05, 4.69) is 13.8 Å². The van der Waals surface area contributed by atoms with Crippen LogP contribution in [0.25, 0.3) is 0 Å². The van der Waals surface area contributed by atoms with Crippen LogP contribution < -0.4 is 0 Å². The van der Waals surface area contributed by atoms with Crippen molar-refractivity contribution in [1.82, 2.24) is 0 Å². The van der Waals surface area contributed by atoms with Crippen LogP contribution in [0.2, 0.25) is 0 Å². The van der Waals surface area contributed by atoms with Crippen LogP contribution in [0.15, 0.2) is 0 Å². The predicted molar refractivity (Wildman–Crippen MR) is 49.4 cm³/mol. The third-order valence-corrected chi connectivity index (χ3v) is 3.45. The quantitative estimate of drug-likeness (QED) is 0.498. The van der Waals surface area contributed by atoms with Crippen LogP contribution >= 0.6 is 0 Å². The van der Waals surface area contributed by atoms with Gasteiger partial charge in [0.25, 0.3) is 0 Å². The number of hydrogen-bond donors (Lipinski definition) is 0. The number of ether oxygens (including phenoxy) is 2. The zero-order valence-electron chi connectivity index (χ0n) is 9.01. The van der Waals surface area contributed by atoms with Gasteiger partial charge in [0.1, 0.15) is 5.60 Å². The van der Waals surface area contributed by atoms with Gasteiger partial charge in [0.2, 0.25) is 0 Å². The number of carbonyl (C=O) groups is 1. The average molecular weight is 186 g/mol. The third kappa shape index (κ3) is 1.26. The van der Waals surface area contributed by atoms with Crippen LogP contribution in [0.5, 0.6) is 0 Å². The van der Waals surface area contributed by atoms with E-state index in [1.165, 1.54) is 7.11 Å². The summed E-state index contributed by atoms with van der Waals surface area (Å²) < 4.78 is 10.2. The normalized spacial score (nSPS) is 39.8. The van der Waals surface area contributed by atoms with E-state index in [4.69, 9.17) is 9.47 Å². The van der Waals surface area contributed by atoms with E-state index in [9.17, 15) is 4.79 Å². The molecule has 0 amide bonds. The molecule has 1 aliphatic rings. The van der Waals surface area contributed by atoms with Crippen molar-refractivity contribution in [3.05, 3.63) is 0 Å². The smallest absolute Gasteiger partial charge is 0.340 e. The Kier molecular flexibility index (Phi) is 2.41. The lowest BCUT2D eigenvalue weighted by Crippen LogP contribution is -2.34. The summed E-state index contributed by atoms with van der Waals surface area (Å²) >= 11 is 0. The van der Waals surface area contributed by atoms with Gasteiger partial charge in [-0.05, 0) is 19.8 Å². The summed E-state index contributed by atoms with van der Waals surface area (Å²) in [5.41, 5.74) is -1.06. The van der Waals surface area contributed by atoms with Gasteiger partial charge in [0.05, 0.1) is 7.11 Å². The zero-order chi connectivity index (χ0) is 10.3. The van der Waals surface area contributed by atoms with Gasteiger partial charge in [0, 0.05) is 0 Å². The Morgan fingerprint density at radius 2 is 2.08 bits per heavy atom. The molecule has 1 fully saturated rings. The fourth-order valence-electron chi connectivity index (χ4n) is 1.80. The lowest BCUT2D eigenvalue weighted by molar-refractivity contribution is -0.146. The van der Waals surface area contributed by atoms with Gasteiger partial charge in [-0.1, -0.05) is 20.3 Å². The largest absolute Gasteiger partial charge is 0.467 e. The molecule has 13 heavy (non-hydrogen) atoms. The molecular weight excluding hydrogens is 168 g/mol. The van der Waals surface area contributed by atoms with E-state index in [0.717, 1.165) is 6.42 Å². The number of hydrogen-bond acceptors (Lipinski definition) is 3. The highest BCUT2D eigenvalue weighted by atomic mass is 16.7. The fraction of sp³-hybridized carbons (Fsp3) is 0.900. The first-order valence-corrected chi connectivity index (χ1v) is 4.71. The second kappa shape index (κ2) is 2.98. The molecule has 0 aromatic rings. The van der Waals surface area contributed by atoms with E-state index in [0.29, 0.717) is 5.92 Å². The Hall–Kier alpha value is -0.570. The average Bonchev–Trinajstić information content (AvgIpc) is 2.69. The summed E-state index contributed by atoms with van der Waals surface area (Å²) in [7, 11) is 1.40. The molecule has 0 aliphatic carbocycles. The second-order valence-corrected chi connectivity index (χ2v) is 4.04. The van der Waals surface area contributed by atoms with E-state index in [-0.39, 0.29) is 11.6 Å². The van der Waals surface area contributed by atoms with Crippen molar-refractivity contribution in [1.29, 1.82) is 0 Å². The molecule has 3 atom stereocenters. The molecule has 1 saturated heterocycles. The Balaban J connectivity index is 2.75. The molecular formula is C10H18O3. The SMILES string of the molecule is CCC(C)C1(C)OC1(C)C(=O)OC. The van der Waals surface area contributed by atoms with Gasteiger partial charge >= 0.3 is 5.97 Å². The van der Waals surface area contributed by atoms with Gasteiger partial charge in [-0.3, -0.25) is 0 Å². The molecule has 3 nitrogen and oxygen atoms in total. The highest BCUT2D eigenvalue weighted by Crippen LogP contribution is 2.53. The molecule has 3 unspecified atom stereocenters. The summed E-state index contributed by atoms with van der Waals surface area (Å²) in [6.07, 6.45) is 1.00. The maximum absolute atomic E-state index is 11.4. The number of rotatable bonds is 3. The molecule has 76 valence electrons. The first-order valence-electron chi connectivity index (χ1n) is 4.71. The summed E-state index contributed by atoms with van der Waals surface area (Å²) in [5, 5.41) is 0. The number of esters is 1. The van der Waals surface area contributed by atoms with E-state index in [1.807, 2.05) is 6.92 Å². The van der Waals surface area contributed by atoms with Crippen molar-refractivity contribution in [2.24, 2.45) is 5.92 Å². The number of epoxide rings is 1. The predicted octanol–water partition coefficient (Wildman–Crippen LogP) is 1.75. The Morgan fingerprint density at radius 1 is 1.54 bits per heavy atom. The van der Waals surface area contributed by atoms with Crippen molar-refractivity contribution in [2.75, 3.05) is 7.11 Å². The molecule has 0 aromatic heterocycles. The molecule has 0 bridgehead atoms. The molecule has 0 aromatic carbocycles. The topological polar surface area (TPSA) is 38.8 Å². The molecule has 0 N–H and O–H groups in total. The minimum Gasteiger partial charge on any atom is -0.467 e. The molecule has 1 rings (SSSR count). The van der Waals surface area contributed by atoms with Crippen LogP contribution in [0, 0.1) is 5.92 Å². The first-order chi connectivity index (χ1) is 5.92. The van der Waals surface area contributed by atoms with Crippen molar-refractivity contribution in [3.63, 3.8) is 0 Å². The van der Waals surface area contributed by atoms with Gasteiger partial charge < -0.3 is 9.47 Å². The summed E-state index contributed by atoms with van der Waals surface area (Å²) in [4.78, 5) is 11.4. The molecule has 0 saturated carbocycles. The van der Waals surface area contributed by atoms with Crippen LogP contribution in [0.1, 0.15) is 34.1 Å². The molecule has 0 spiro atoms. The lowest BCUT2D eigenvalue weighted by atomic mass is 9.83. The van der Waals surface area contributed by atoms with E-state index in [1.54, 1.807) is 6.92 Å². The van der Waals surface area contributed by atoms with Crippen LogP contribution in [0.4, 0.5) is 0 Å². The molecule has 3 heteroatoms. The summed E-state index contributed by atoms with van der Waals surface area (Å²) in [6.45, 7) is 7.95. The number of methoxy groups -OCH3 is 1. The standard InChI is InChI=1S/C10H18O3/c1-6-7(2)9(3)10(4,13-9)8(11)12-5/h7H,6H2,1-5H3. The third-order valence-electron chi connectivity index (χ3n) is 3.45. The van der Waals surface area contributed by atoms with Crippen LogP contribution in [-0.2, 0) is 14.3 Å². The minimum absolute atomic E-state index is 0.268. The Labute approximate surface area is 79.4 Å². The summed E-state index contributed by atoms with van der Waals surface area (Å²) in [5.74, 6) is 0.104. The maximum Gasteiger partial charge on any atom is 0.340 e. The monoisotopic (exact) mass is 186 g/mol. The van der Waals surface area contributed by atoms with Gasteiger partial charge in [-0.25, -0.2) is 4.79 Å². The fourth-order valence-corrected chi connectivity index (χ4v) is 1.80. The highest BCUT2D eigenvalue weighted by Gasteiger charge is 2.71. The molecule has 1 heterocycles. The second-order valence-electron chi connectivity index (χ2n) is 4.04. The van der Waals surface area contributed by atoms with E-state index < -0.39 is 5.60 Å². The molecule has 1 aliphatic heterocycles. The maximum atomic E-state index is 11.4. The van der Waals surface area contributed by atoms with Crippen LogP contribution in [0.3, 0.4) is 0 Å². The van der Waals surface area contributed by atoms with Gasteiger partial charge in [-0.2, -0.15) is 0 Å². The zero-order valence-corrected chi connectivity index (χ0v) is 9.01. The lowest BCUT2D eigenvalue weighted by Gasteiger charge is -2.16. The van der Waals surface area contributed by atoms with Crippen molar-refractivity contribution >= 4 is 5.97 Å². The minimum atomic E-state index is -0.725. The first kappa shape index (κ1) is 10.5.